The Kier molecular flexibility index (Phi) is 3.69. The normalized spacial score (nSPS) is 11.5. The molecule has 5 heteroatoms. The third kappa shape index (κ3) is 2.46. The third-order valence-electron chi connectivity index (χ3n) is 2.36. The molecule has 17 heavy (non-hydrogen) atoms. The average molecular weight is 331 g/mol. The summed E-state index contributed by atoms with van der Waals surface area (Å²) in [5, 5.41) is 0.579. The molecule has 88 valence electrons. The van der Waals surface area contributed by atoms with Crippen molar-refractivity contribution in [3.05, 3.63) is 58.6 Å². The maximum atomic E-state index is 12.5. The molecule has 0 heterocycles. The van der Waals surface area contributed by atoms with Crippen molar-refractivity contribution >= 4 is 45.7 Å². The van der Waals surface area contributed by atoms with E-state index in [2.05, 4.69) is 0 Å². The van der Waals surface area contributed by atoms with Crippen LogP contribution >= 0.6 is 23.2 Å². The number of rotatable bonds is 2. The molecule has 2 aromatic rings. The van der Waals surface area contributed by atoms with E-state index in [-0.39, 0.29) is 18.7 Å². The molecule has 0 aromatic heterocycles. The molecule has 0 spiro atoms. The van der Waals surface area contributed by atoms with Gasteiger partial charge in [-0.15, -0.1) is 0 Å². The van der Waals surface area contributed by atoms with Gasteiger partial charge in [0.2, 0.25) is 0 Å². The van der Waals surface area contributed by atoms with Gasteiger partial charge in [0, 0.05) is 0 Å². The van der Waals surface area contributed by atoms with Gasteiger partial charge in [0.1, 0.15) is 0 Å². The van der Waals surface area contributed by atoms with Gasteiger partial charge < -0.3 is 0 Å². The quantitative estimate of drug-likeness (QED) is 0.855. The van der Waals surface area contributed by atoms with Crippen LogP contribution in [-0.4, -0.2) is 17.9 Å². The van der Waals surface area contributed by atoms with Crippen molar-refractivity contribution in [3.8, 4) is 0 Å². The van der Waals surface area contributed by atoms with E-state index in [0.29, 0.717) is 0 Å². The second-order valence-electron chi connectivity index (χ2n) is 3.48. The maximum absolute atomic E-state index is 12.5. The summed E-state index contributed by atoms with van der Waals surface area (Å²) in [4.78, 5) is 0. The van der Waals surface area contributed by atoms with Gasteiger partial charge in [-0.3, -0.25) is 0 Å². The summed E-state index contributed by atoms with van der Waals surface area (Å²) in [6.45, 7) is 0. The van der Waals surface area contributed by atoms with Crippen molar-refractivity contribution in [3.63, 3.8) is 0 Å². The Balaban J connectivity index is 2.63. The second-order valence-corrected chi connectivity index (χ2v) is 8.73. The minimum atomic E-state index is -4.44. The molecular formula is C12H9AsCl2O2. The zero-order chi connectivity index (χ0) is 12.5. The van der Waals surface area contributed by atoms with Crippen molar-refractivity contribution in [2.24, 2.45) is 0 Å². The van der Waals surface area contributed by atoms with Crippen LogP contribution < -0.4 is 8.70 Å². The van der Waals surface area contributed by atoms with E-state index in [1.807, 2.05) is 0 Å². The average Bonchev–Trinajstić information content (AvgIpc) is 2.29. The number of benzene rings is 2. The predicted octanol–water partition coefficient (Wildman–Crippen LogP) is 1.97. The van der Waals surface area contributed by atoms with Crippen molar-refractivity contribution in [2.75, 3.05) is 0 Å². The number of hydrogen-bond acceptors (Lipinski definition) is 1. The van der Waals surface area contributed by atoms with E-state index < -0.39 is 13.8 Å². The molecule has 0 bridgehead atoms. The molecule has 0 saturated carbocycles. The first-order chi connectivity index (χ1) is 8.03. The Hall–Kier alpha value is -0.662. The van der Waals surface area contributed by atoms with Crippen molar-refractivity contribution in [1.29, 1.82) is 0 Å². The van der Waals surface area contributed by atoms with Crippen molar-refractivity contribution in [2.45, 2.75) is 0 Å². The van der Waals surface area contributed by atoms with Gasteiger partial charge >= 0.3 is 112 Å². The van der Waals surface area contributed by atoms with Crippen LogP contribution in [0, 0.1) is 0 Å². The predicted molar refractivity (Wildman–Crippen MR) is 70.8 cm³/mol. The van der Waals surface area contributed by atoms with E-state index in [1.54, 1.807) is 48.5 Å². The Morgan fingerprint density at radius 3 is 1.53 bits per heavy atom. The van der Waals surface area contributed by atoms with Gasteiger partial charge in [-0.05, 0) is 0 Å². The molecule has 2 rings (SSSR count). The van der Waals surface area contributed by atoms with Crippen LogP contribution in [0.25, 0.3) is 0 Å². The van der Waals surface area contributed by atoms with E-state index in [9.17, 15) is 7.84 Å². The molecule has 2 aromatic carbocycles. The number of hydrogen-bond donors (Lipinski definition) is 1. The molecule has 1 N–H and O–H groups in total. The summed E-state index contributed by atoms with van der Waals surface area (Å²) >= 11 is 7.46. The summed E-state index contributed by atoms with van der Waals surface area (Å²) in [5.41, 5.74) is 0. The molecule has 0 aliphatic rings. The Bertz CT molecular complexity index is 549. The van der Waals surface area contributed by atoms with E-state index >= 15 is 0 Å². The summed E-state index contributed by atoms with van der Waals surface area (Å²) in [7, 11) is 0. The van der Waals surface area contributed by atoms with Crippen LogP contribution in [0.4, 0.5) is 0 Å². The first-order valence-corrected chi connectivity index (χ1v) is 9.10. The Morgan fingerprint density at radius 1 is 0.824 bits per heavy atom. The monoisotopic (exact) mass is 330 g/mol. The molecule has 0 atom stereocenters. The van der Waals surface area contributed by atoms with Crippen LogP contribution in [0.1, 0.15) is 0 Å². The zero-order valence-corrected chi connectivity index (χ0v) is 12.1. The Morgan fingerprint density at radius 2 is 1.18 bits per heavy atom. The van der Waals surface area contributed by atoms with Gasteiger partial charge in [0.05, 0.1) is 0 Å². The SMILES string of the molecule is O=[As](O)(c1ccccc1Cl)c1ccccc1Cl. The van der Waals surface area contributed by atoms with Gasteiger partial charge in [0.15, 0.2) is 0 Å². The molecule has 0 aliphatic carbocycles. The summed E-state index contributed by atoms with van der Waals surface area (Å²) in [6.07, 6.45) is 0. The topological polar surface area (TPSA) is 37.3 Å². The van der Waals surface area contributed by atoms with Gasteiger partial charge in [-0.2, -0.15) is 0 Å². The fraction of sp³-hybridized carbons (Fsp3) is 0. The van der Waals surface area contributed by atoms with Gasteiger partial charge in [0.25, 0.3) is 0 Å². The molecule has 2 nitrogen and oxygen atoms in total. The zero-order valence-electron chi connectivity index (χ0n) is 8.68. The first-order valence-electron chi connectivity index (χ1n) is 4.86. The van der Waals surface area contributed by atoms with Gasteiger partial charge in [-0.1, -0.05) is 0 Å². The molecular weight excluding hydrogens is 322 g/mol. The first kappa shape index (κ1) is 12.8. The molecule has 0 amide bonds. The Labute approximate surface area is 112 Å². The van der Waals surface area contributed by atoms with Crippen molar-refractivity contribution < 1.29 is 7.84 Å². The van der Waals surface area contributed by atoms with E-state index in [1.165, 1.54) is 0 Å². The molecule has 0 aliphatic heterocycles. The third-order valence-corrected chi connectivity index (χ3v) is 7.97. The standard InChI is InChI=1S/C12H9AsCl2O2/c14-11-7-3-1-5-9(11)13(16,17)10-6-2-4-8-12(10)15/h1-8H,(H,16,17). The number of halogens is 2. The summed E-state index contributed by atoms with van der Waals surface area (Å²) in [6, 6.07) is 13.1. The molecule has 0 unspecified atom stereocenters. The van der Waals surface area contributed by atoms with Crippen LogP contribution in [0.2, 0.25) is 10.0 Å². The summed E-state index contributed by atoms with van der Waals surface area (Å²) in [5.74, 6) is 0. The van der Waals surface area contributed by atoms with E-state index in [0.717, 1.165) is 0 Å². The second kappa shape index (κ2) is 4.91. The van der Waals surface area contributed by atoms with Crippen LogP contribution in [0.15, 0.2) is 48.5 Å². The van der Waals surface area contributed by atoms with E-state index in [4.69, 9.17) is 23.2 Å². The van der Waals surface area contributed by atoms with Crippen LogP contribution in [-0.2, 0) is 3.74 Å². The van der Waals surface area contributed by atoms with Crippen molar-refractivity contribution in [1.82, 2.24) is 0 Å². The molecule has 0 fully saturated rings. The minimum absolute atomic E-state index is 0.264. The fourth-order valence-electron chi connectivity index (χ4n) is 1.52. The summed E-state index contributed by atoms with van der Waals surface area (Å²) < 4.78 is 23.3. The van der Waals surface area contributed by atoms with Crippen LogP contribution in [0.3, 0.4) is 0 Å². The van der Waals surface area contributed by atoms with Gasteiger partial charge in [-0.25, -0.2) is 0 Å². The molecule has 0 radical (unpaired) electrons. The van der Waals surface area contributed by atoms with Crippen LogP contribution in [0.5, 0.6) is 0 Å². The fourth-order valence-corrected chi connectivity index (χ4v) is 6.27. The molecule has 0 saturated heterocycles.